The maximum Gasteiger partial charge on any atom is 0.106 e. The molecular formula is C13H19N3S2. The molecule has 0 amide bonds. The first-order valence-corrected chi connectivity index (χ1v) is 7.93. The number of anilines is 1. The second-order valence-corrected chi connectivity index (χ2v) is 6.23. The van der Waals surface area contributed by atoms with E-state index in [4.69, 9.17) is 18.0 Å². The van der Waals surface area contributed by atoms with Gasteiger partial charge in [0.1, 0.15) is 4.99 Å². The van der Waals surface area contributed by atoms with E-state index in [1.807, 2.05) is 24.0 Å². The Morgan fingerprint density at radius 1 is 1.56 bits per heavy atom. The summed E-state index contributed by atoms with van der Waals surface area (Å²) in [5, 5.41) is 4.32. The van der Waals surface area contributed by atoms with Crippen LogP contribution in [0.3, 0.4) is 0 Å². The van der Waals surface area contributed by atoms with E-state index < -0.39 is 0 Å². The quantitative estimate of drug-likeness (QED) is 0.831. The summed E-state index contributed by atoms with van der Waals surface area (Å²) in [5.41, 5.74) is 7.60. The SMILES string of the molecule is CSC1CCCC(Nc2cnccc2C(N)=S)C1. The predicted molar refractivity (Wildman–Crippen MR) is 83.3 cm³/mol. The van der Waals surface area contributed by atoms with Crippen molar-refractivity contribution in [2.75, 3.05) is 11.6 Å². The van der Waals surface area contributed by atoms with Gasteiger partial charge in [0.05, 0.1) is 11.9 Å². The third kappa shape index (κ3) is 3.36. The van der Waals surface area contributed by atoms with Gasteiger partial charge in [0.15, 0.2) is 0 Å². The lowest BCUT2D eigenvalue weighted by molar-refractivity contribution is 0.473. The zero-order valence-corrected chi connectivity index (χ0v) is 12.2. The van der Waals surface area contributed by atoms with E-state index in [0.29, 0.717) is 11.0 Å². The molecule has 2 unspecified atom stereocenters. The highest BCUT2D eigenvalue weighted by Crippen LogP contribution is 2.29. The molecule has 0 radical (unpaired) electrons. The summed E-state index contributed by atoms with van der Waals surface area (Å²) in [4.78, 5) is 4.58. The number of nitrogens with zero attached hydrogens (tertiary/aromatic N) is 1. The van der Waals surface area contributed by atoms with Gasteiger partial charge in [0.2, 0.25) is 0 Å². The van der Waals surface area contributed by atoms with Gasteiger partial charge in [-0.3, -0.25) is 4.98 Å². The second-order valence-electron chi connectivity index (χ2n) is 4.65. The van der Waals surface area contributed by atoms with Gasteiger partial charge in [0, 0.05) is 23.1 Å². The van der Waals surface area contributed by atoms with Crippen molar-refractivity contribution in [2.24, 2.45) is 5.73 Å². The fourth-order valence-corrected chi connectivity index (χ4v) is 3.44. The summed E-state index contributed by atoms with van der Waals surface area (Å²) >= 11 is 7.03. The van der Waals surface area contributed by atoms with Crippen LogP contribution in [0, 0.1) is 0 Å². The third-order valence-corrected chi connectivity index (χ3v) is 4.72. The summed E-state index contributed by atoms with van der Waals surface area (Å²) < 4.78 is 0. The average molecular weight is 281 g/mol. The van der Waals surface area contributed by atoms with Crippen molar-refractivity contribution in [1.29, 1.82) is 0 Å². The van der Waals surface area contributed by atoms with Gasteiger partial charge in [-0.1, -0.05) is 18.6 Å². The highest BCUT2D eigenvalue weighted by molar-refractivity contribution is 7.99. The van der Waals surface area contributed by atoms with Crippen molar-refractivity contribution < 1.29 is 0 Å². The van der Waals surface area contributed by atoms with Gasteiger partial charge >= 0.3 is 0 Å². The lowest BCUT2D eigenvalue weighted by Gasteiger charge is -2.29. The first kappa shape index (κ1) is 13.6. The molecule has 0 aliphatic heterocycles. The molecule has 98 valence electrons. The second kappa shape index (κ2) is 6.38. The van der Waals surface area contributed by atoms with Crippen LogP contribution in [0.15, 0.2) is 18.5 Å². The Balaban J connectivity index is 2.07. The van der Waals surface area contributed by atoms with Gasteiger partial charge in [-0.15, -0.1) is 0 Å². The van der Waals surface area contributed by atoms with Crippen LogP contribution >= 0.6 is 24.0 Å². The highest BCUT2D eigenvalue weighted by Gasteiger charge is 2.21. The Bertz CT molecular complexity index is 422. The monoisotopic (exact) mass is 281 g/mol. The van der Waals surface area contributed by atoms with E-state index in [0.717, 1.165) is 16.5 Å². The molecule has 1 fully saturated rings. The number of hydrogen-bond donors (Lipinski definition) is 2. The van der Waals surface area contributed by atoms with Crippen LogP contribution in [0.25, 0.3) is 0 Å². The molecule has 18 heavy (non-hydrogen) atoms. The lowest BCUT2D eigenvalue weighted by atomic mass is 9.94. The molecule has 0 aromatic carbocycles. The first-order valence-electron chi connectivity index (χ1n) is 6.24. The van der Waals surface area contributed by atoms with Crippen LogP contribution < -0.4 is 11.1 Å². The molecule has 0 saturated heterocycles. The van der Waals surface area contributed by atoms with E-state index in [-0.39, 0.29) is 0 Å². The summed E-state index contributed by atoms with van der Waals surface area (Å²) in [5.74, 6) is 0. The topological polar surface area (TPSA) is 50.9 Å². The summed E-state index contributed by atoms with van der Waals surface area (Å²) in [6.07, 6.45) is 10.8. The number of rotatable bonds is 4. The van der Waals surface area contributed by atoms with Gasteiger partial charge in [-0.2, -0.15) is 11.8 Å². The van der Waals surface area contributed by atoms with Crippen molar-refractivity contribution >= 4 is 34.7 Å². The molecule has 0 bridgehead atoms. The number of thiocarbonyl (C=S) groups is 1. The fourth-order valence-electron chi connectivity index (χ4n) is 2.43. The van der Waals surface area contributed by atoms with E-state index in [1.165, 1.54) is 25.7 Å². The standard InChI is InChI=1S/C13H19N3S2/c1-18-10-4-2-3-9(7-10)16-12-8-15-6-5-11(12)13(14)17/h5-6,8-10,16H,2-4,7H2,1H3,(H2,14,17). The van der Waals surface area contributed by atoms with Crippen molar-refractivity contribution in [2.45, 2.75) is 37.0 Å². The van der Waals surface area contributed by atoms with Gasteiger partial charge < -0.3 is 11.1 Å². The molecule has 0 spiro atoms. The van der Waals surface area contributed by atoms with Crippen LogP contribution in [0.4, 0.5) is 5.69 Å². The van der Waals surface area contributed by atoms with Crippen LogP contribution in [0.5, 0.6) is 0 Å². The number of nitrogens with one attached hydrogen (secondary N) is 1. The van der Waals surface area contributed by atoms with Crippen molar-refractivity contribution in [1.82, 2.24) is 4.98 Å². The summed E-state index contributed by atoms with van der Waals surface area (Å²) in [6.45, 7) is 0. The lowest BCUT2D eigenvalue weighted by Crippen LogP contribution is -2.29. The van der Waals surface area contributed by atoms with Crippen molar-refractivity contribution in [3.63, 3.8) is 0 Å². The molecule has 1 aliphatic rings. The molecule has 1 aliphatic carbocycles. The minimum absolute atomic E-state index is 0.428. The van der Waals surface area contributed by atoms with E-state index in [1.54, 1.807) is 6.20 Å². The summed E-state index contributed by atoms with van der Waals surface area (Å²) in [6, 6.07) is 2.38. The number of pyridine rings is 1. The molecular weight excluding hydrogens is 262 g/mol. The average Bonchev–Trinajstić information content (AvgIpc) is 2.39. The zero-order chi connectivity index (χ0) is 13.0. The minimum Gasteiger partial charge on any atom is -0.389 e. The molecule has 3 N–H and O–H groups in total. The number of nitrogens with two attached hydrogens (primary N) is 1. The Kier molecular flexibility index (Phi) is 4.83. The smallest absolute Gasteiger partial charge is 0.106 e. The Morgan fingerprint density at radius 3 is 3.11 bits per heavy atom. The normalized spacial score (nSPS) is 23.6. The van der Waals surface area contributed by atoms with Crippen molar-refractivity contribution in [3.05, 3.63) is 24.0 Å². The van der Waals surface area contributed by atoms with Gasteiger partial charge in [-0.25, -0.2) is 0 Å². The third-order valence-electron chi connectivity index (χ3n) is 3.41. The number of thioether (sulfide) groups is 1. The van der Waals surface area contributed by atoms with Crippen LogP contribution in [-0.2, 0) is 0 Å². The molecule has 5 heteroatoms. The Hall–Kier alpha value is -0.810. The Labute approximate surface area is 118 Å². The Morgan fingerprint density at radius 2 is 2.39 bits per heavy atom. The maximum atomic E-state index is 5.73. The van der Waals surface area contributed by atoms with Crippen LogP contribution in [0.1, 0.15) is 31.2 Å². The van der Waals surface area contributed by atoms with Gasteiger partial charge in [0.25, 0.3) is 0 Å². The molecule has 2 rings (SSSR count). The predicted octanol–water partition coefficient (Wildman–Crippen LogP) is 2.80. The van der Waals surface area contributed by atoms with Crippen LogP contribution in [-0.4, -0.2) is 27.5 Å². The molecule has 2 atom stereocenters. The highest BCUT2D eigenvalue weighted by atomic mass is 32.2. The largest absolute Gasteiger partial charge is 0.389 e. The first-order chi connectivity index (χ1) is 8.70. The van der Waals surface area contributed by atoms with Crippen LogP contribution in [0.2, 0.25) is 0 Å². The zero-order valence-electron chi connectivity index (χ0n) is 10.6. The molecule has 3 nitrogen and oxygen atoms in total. The number of aromatic nitrogens is 1. The summed E-state index contributed by atoms with van der Waals surface area (Å²) in [7, 11) is 0. The van der Waals surface area contributed by atoms with E-state index in [2.05, 4.69) is 16.6 Å². The maximum absolute atomic E-state index is 5.73. The number of hydrogen-bond acceptors (Lipinski definition) is 4. The fraction of sp³-hybridized carbons (Fsp3) is 0.538. The minimum atomic E-state index is 0.428. The van der Waals surface area contributed by atoms with E-state index >= 15 is 0 Å². The van der Waals surface area contributed by atoms with E-state index in [9.17, 15) is 0 Å². The molecule has 1 aromatic heterocycles. The molecule has 1 saturated carbocycles. The molecule has 1 aromatic rings. The van der Waals surface area contributed by atoms with Crippen molar-refractivity contribution in [3.8, 4) is 0 Å². The molecule has 1 heterocycles. The van der Waals surface area contributed by atoms with Gasteiger partial charge in [-0.05, 0) is 31.6 Å².